The largest absolute Gasteiger partial charge is 0.497 e. The van der Waals surface area contributed by atoms with Gasteiger partial charge in [0.05, 0.1) is 25.5 Å². The van der Waals surface area contributed by atoms with Crippen molar-refractivity contribution in [2.45, 2.75) is 25.8 Å². The van der Waals surface area contributed by atoms with E-state index in [2.05, 4.69) is 17.1 Å². The van der Waals surface area contributed by atoms with E-state index in [9.17, 15) is 4.79 Å². The Morgan fingerprint density at radius 3 is 2.38 bits per heavy atom. The van der Waals surface area contributed by atoms with Gasteiger partial charge in [0, 0.05) is 31.4 Å². The smallest absolute Gasteiger partial charge is 0.273 e. The average Bonchev–Trinajstić information content (AvgIpc) is 3.37. The van der Waals surface area contributed by atoms with Crippen molar-refractivity contribution in [2.24, 2.45) is 0 Å². The molecule has 1 amide bonds. The number of methoxy groups -OCH3 is 2. The Morgan fingerprint density at radius 2 is 1.72 bits per heavy atom. The first kappa shape index (κ1) is 21.9. The molecule has 7 nitrogen and oxygen atoms in total. The van der Waals surface area contributed by atoms with E-state index in [0.29, 0.717) is 25.5 Å². The Labute approximate surface area is 188 Å². The molecule has 0 fully saturated rings. The van der Waals surface area contributed by atoms with Crippen molar-refractivity contribution in [1.29, 1.82) is 0 Å². The van der Waals surface area contributed by atoms with Gasteiger partial charge in [-0.05, 0) is 54.8 Å². The molecule has 7 heteroatoms. The van der Waals surface area contributed by atoms with Crippen molar-refractivity contribution in [3.8, 4) is 22.8 Å². The van der Waals surface area contributed by atoms with Crippen LogP contribution in [0.15, 0.2) is 48.5 Å². The summed E-state index contributed by atoms with van der Waals surface area (Å²) in [6.45, 7) is 3.95. The predicted octanol–water partition coefficient (Wildman–Crippen LogP) is 4.46. The number of H-pyrrole nitrogens is 1. The highest BCUT2D eigenvalue weighted by Crippen LogP contribution is 2.43. The van der Waals surface area contributed by atoms with E-state index in [4.69, 9.17) is 14.2 Å². The number of hydrogen-bond acceptors (Lipinski definition) is 5. The van der Waals surface area contributed by atoms with Crippen LogP contribution in [0.3, 0.4) is 0 Å². The van der Waals surface area contributed by atoms with Gasteiger partial charge in [-0.2, -0.15) is 5.10 Å². The lowest BCUT2D eigenvalue weighted by molar-refractivity contribution is 0.0723. The number of aromatic nitrogens is 2. The number of carbonyl (C=O) groups is 1. The lowest BCUT2D eigenvalue weighted by Crippen LogP contribution is -2.31. The molecular weight excluding hydrogens is 406 g/mol. The van der Waals surface area contributed by atoms with Gasteiger partial charge in [0.1, 0.15) is 17.2 Å². The quantitative estimate of drug-likeness (QED) is 0.476. The fourth-order valence-corrected chi connectivity index (χ4v) is 4.09. The van der Waals surface area contributed by atoms with Crippen LogP contribution >= 0.6 is 0 Å². The molecule has 1 N–H and O–H groups in total. The van der Waals surface area contributed by atoms with E-state index >= 15 is 0 Å². The third-order valence-corrected chi connectivity index (χ3v) is 5.64. The van der Waals surface area contributed by atoms with Crippen LogP contribution in [-0.4, -0.2) is 55.0 Å². The summed E-state index contributed by atoms with van der Waals surface area (Å²) in [6.07, 6.45) is 1.71. The van der Waals surface area contributed by atoms with Crippen molar-refractivity contribution >= 4 is 5.91 Å². The molecule has 32 heavy (non-hydrogen) atoms. The highest BCUT2D eigenvalue weighted by molar-refractivity contribution is 6.00. The first-order valence-electron chi connectivity index (χ1n) is 10.9. The maximum Gasteiger partial charge on any atom is 0.273 e. The molecule has 4 rings (SSSR count). The SMILES string of the molecule is CCCOc1ccc(C2c3c(-c4ccc(OC)cc4)n[nH]c3C(=O)N2CCCOC)cc1. The standard InChI is InChI=1S/C25H29N3O4/c1-4-15-32-20-12-8-18(9-13-20)24-21-22(17-6-10-19(31-3)11-7-17)26-27-23(21)25(29)28(24)14-5-16-30-2/h6-13,24H,4-5,14-16H2,1-3H3,(H,26,27). The van der Waals surface area contributed by atoms with E-state index in [1.807, 2.05) is 53.4 Å². The molecule has 1 aromatic heterocycles. The van der Waals surface area contributed by atoms with Crippen molar-refractivity contribution in [1.82, 2.24) is 15.1 Å². The van der Waals surface area contributed by atoms with Gasteiger partial charge in [-0.3, -0.25) is 9.89 Å². The van der Waals surface area contributed by atoms with Gasteiger partial charge in [-0.25, -0.2) is 0 Å². The van der Waals surface area contributed by atoms with E-state index in [1.165, 1.54) is 0 Å². The van der Waals surface area contributed by atoms with Gasteiger partial charge in [0.25, 0.3) is 5.91 Å². The highest BCUT2D eigenvalue weighted by atomic mass is 16.5. The Balaban J connectivity index is 1.73. The van der Waals surface area contributed by atoms with Gasteiger partial charge in [0.15, 0.2) is 0 Å². The molecular formula is C25H29N3O4. The van der Waals surface area contributed by atoms with Crippen LogP contribution in [0.1, 0.15) is 47.4 Å². The minimum Gasteiger partial charge on any atom is -0.497 e. The number of amides is 1. The van der Waals surface area contributed by atoms with Crippen LogP contribution in [0.4, 0.5) is 0 Å². The van der Waals surface area contributed by atoms with E-state index in [-0.39, 0.29) is 11.9 Å². The number of benzene rings is 2. The van der Waals surface area contributed by atoms with Crippen molar-refractivity contribution < 1.29 is 19.0 Å². The summed E-state index contributed by atoms with van der Waals surface area (Å²) in [5, 5.41) is 7.51. The number of fused-ring (bicyclic) bond motifs is 1. The second kappa shape index (κ2) is 9.87. The first-order chi connectivity index (χ1) is 15.7. The van der Waals surface area contributed by atoms with Gasteiger partial charge in [-0.15, -0.1) is 0 Å². The molecule has 0 aliphatic carbocycles. The van der Waals surface area contributed by atoms with Crippen LogP contribution in [-0.2, 0) is 4.74 Å². The number of rotatable bonds is 10. The Morgan fingerprint density at radius 1 is 1.00 bits per heavy atom. The third-order valence-electron chi connectivity index (χ3n) is 5.64. The van der Waals surface area contributed by atoms with Crippen LogP contribution in [0.5, 0.6) is 11.5 Å². The summed E-state index contributed by atoms with van der Waals surface area (Å²) in [4.78, 5) is 15.2. The zero-order valence-electron chi connectivity index (χ0n) is 18.8. The molecule has 168 valence electrons. The number of ether oxygens (including phenoxy) is 3. The summed E-state index contributed by atoms with van der Waals surface area (Å²) in [6, 6.07) is 15.5. The monoisotopic (exact) mass is 435 g/mol. The van der Waals surface area contributed by atoms with E-state index < -0.39 is 0 Å². The first-order valence-corrected chi connectivity index (χ1v) is 10.9. The second-order valence-corrected chi connectivity index (χ2v) is 7.75. The predicted molar refractivity (Wildman–Crippen MR) is 122 cm³/mol. The number of carbonyl (C=O) groups excluding carboxylic acids is 1. The lowest BCUT2D eigenvalue weighted by Gasteiger charge is -2.26. The van der Waals surface area contributed by atoms with E-state index in [1.54, 1.807) is 14.2 Å². The van der Waals surface area contributed by atoms with E-state index in [0.717, 1.165) is 46.7 Å². The molecule has 1 aliphatic heterocycles. The summed E-state index contributed by atoms with van der Waals surface area (Å²) >= 11 is 0. The maximum atomic E-state index is 13.3. The van der Waals surface area contributed by atoms with Gasteiger partial charge < -0.3 is 19.1 Å². The molecule has 0 radical (unpaired) electrons. The Bertz CT molecular complexity index is 1040. The van der Waals surface area contributed by atoms with Crippen LogP contribution < -0.4 is 9.47 Å². The van der Waals surface area contributed by atoms with Crippen molar-refractivity contribution in [3.05, 3.63) is 65.4 Å². The summed E-state index contributed by atoms with van der Waals surface area (Å²) < 4.78 is 16.2. The van der Waals surface area contributed by atoms with Gasteiger partial charge in [0.2, 0.25) is 0 Å². The fourth-order valence-electron chi connectivity index (χ4n) is 4.09. The van der Waals surface area contributed by atoms with Gasteiger partial charge >= 0.3 is 0 Å². The second-order valence-electron chi connectivity index (χ2n) is 7.75. The molecule has 0 spiro atoms. The molecule has 1 aliphatic rings. The van der Waals surface area contributed by atoms with Crippen molar-refractivity contribution in [2.75, 3.05) is 34.0 Å². The average molecular weight is 436 g/mol. The topological polar surface area (TPSA) is 76.7 Å². The molecule has 2 aromatic carbocycles. The summed E-state index contributed by atoms with van der Waals surface area (Å²) in [5.74, 6) is 1.56. The molecule has 0 bridgehead atoms. The molecule has 2 heterocycles. The van der Waals surface area contributed by atoms with Gasteiger partial charge in [-0.1, -0.05) is 19.1 Å². The summed E-state index contributed by atoms with van der Waals surface area (Å²) in [5.41, 5.74) is 4.18. The Hall–Kier alpha value is -3.32. The third kappa shape index (κ3) is 4.21. The molecule has 0 saturated heterocycles. The van der Waals surface area contributed by atoms with Crippen molar-refractivity contribution in [3.63, 3.8) is 0 Å². The molecule has 1 atom stereocenters. The fraction of sp³-hybridized carbons (Fsp3) is 0.360. The minimum absolute atomic E-state index is 0.0420. The van der Waals surface area contributed by atoms with Crippen LogP contribution in [0.25, 0.3) is 11.3 Å². The number of nitrogens with one attached hydrogen (secondary N) is 1. The number of hydrogen-bond donors (Lipinski definition) is 1. The minimum atomic E-state index is -0.231. The zero-order valence-corrected chi connectivity index (χ0v) is 18.8. The molecule has 3 aromatic rings. The lowest BCUT2D eigenvalue weighted by atomic mass is 9.96. The number of aromatic amines is 1. The van der Waals surface area contributed by atoms with Crippen LogP contribution in [0.2, 0.25) is 0 Å². The zero-order chi connectivity index (χ0) is 22.5. The highest BCUT2D eigenvalue weighted by Gasteiger charge is 2.41. The molecule has 1 unspecified atom stereocenters. The molecule has 0 saturated carbocycles. The number of nitrogens with zero attached hydrogens (tertiary/aromatic N) is 2. The normalized spacial score (nSPS) is 15.2. The Kier molecular flexibility index (Phi) is 6.75. The van der Waals surface area contributed by atoms with Crippen LogP contribution in [0, 0.1) is 0 Å². The maximum absolute atomic E-state index is 13.3. The summed E-state index contributed by atoms with van der Waals surface area (Å²) in [7, 11) is 3.31.